The average molecular weight is 383 g/mol. The monoisotopic (exact) mass is 382 g/mol. The number of ether oxygens (including phenoxy) is 1. The van der Waals surface area contributed by atoms with Crippen LogP contribution in [0.15, 0.2) is 28.7 Å². The van der Waals surface area contributed by atoms with Gasteiger partial charge in [0.1, 0.15) is 5.75 Å². The SMILES string of the molecule is O=C(CCOc1cccc(Br)c1)NCC(=O)NC1CCCCC1. The average Bonchev–Trinajstić information content (AvgIpc) is 2.54. The predicted molar refractivity (Wildman–Crippen MR) is 92.3 cm³/mol. The minimum atomic E-state index is -0.182. The third-order valence-corrected chi connectivity index (χ3v) is 4.30. The fraction of sp³-hybridized carbons (Fsp3) is 0.529. The molecule has 2 N–H and O–H groups in total. The van der Waals surface area contributed by atoms with Crippen LogP contribution in [0.3, 0.4) is 0 Å². The number of halogens is 1. The van der Waals surface area contributed by atoms with E-state index >= 15 is 0 Å². The van der Waals surface area contributed by atoms with Crippen molar-refractivity contribution in [2.45, 2.75) is 44.6 Å². The van der Waals surface area contributed by atoms with Crippen molar-refractivity contribution in [3.63, 3.8) is 0 Å². The van der Waals surface area contributed by atoms with Crippen LogP contribution in [0.5, 0.6) is 5.75 Å². The van der Waals surface area contributed by atoms with Crippen molar-refractivity contribution in [3.8, 4) is 5.75 Å². The van der Waals surface area contributed by atoms with Crippen molar-refractivity contribution in [2.24, 2.45) is 0 Å². The highest BCUT2D eigenvalue weighted by atomic mass is 79.9. The van der Waals surface area contributed by atoms with Crippen LogP contribution in [0.1, 0.15) is 38.5 Å². The number of amides is 2. The van der Waals surface area contributed by atoms with Crippen molar-refractivity contribution in [2.75, 3.05) is 13.2 Å². The zero-order valence-corrected chi connectivity index (χ0v) is 14.7. The highest BCUT2D eigenvalue weighted by molar-refractivity contribution is 9.10. The molecule has 23 heavy (non-hydrogen) atoms. The van der Waals surface area contributed by atoms with Crippen LogP contribution in [0.4, 0.5) is 0 Å². The van der Waals surface area contributed by atoms with Crippen LogP contribution < -0.4 is 15.4 Å². The quantitative estimate of drug-likeness (QED) is 0.761. The van der Waals surface area contributed by atoms with E-state index in [9.17, 15) is 9.59 Å². The molecular formula is C17H23BrN2O3. The third kappa shape index (κ3) is 7.03. The third-order valence-electron chi connectivity index (χ3n) is 3.81. The first-order chi connectivity index (χ1) is 11.1. The number of hydrogen-bond donors (Lipinski definition) is 2. The first-order valence-electron chi connectivity index (χ1n) is 8.08. The Morgan fingerprint density at radius 1 is 1.17 bits per heavy atom. The highest BCUT2D eigenvalue weighted by Crippen LogP contribution is 2.18. The predicted octanol–water partition coefficient (Wildman–Crippen LogP) is 2.78. The van der Waals surface area contributed by atoms with E-state index in [1.54, 1.807) is 0 Å². The topological polar surface area (TPSA) is 67.4 Å². The van der Waals surface area contributed by atoms with Gasteiger partial charge in [-0.2, -0.15) is 0 Å². The van der Waals surface area contributed by atoms with Gasteiger partial charge in [0.2, 0.25) is 11.8 Å². The smallest absolute Gasteiger partial charge is 0.239 e. The van der Waals surface area contributed by atoms with E-state index < -0.39 is 0 Å². The normalized spacial score (nSPS) is 15.0. The van der Waals surface area contributed by atoms with E-state index in [-0.39, 0.29) is 37.4 Å². The van der Waals surface area contributed by atoms with Crippen LogP contribution in [0.2, 0.25) is 0 Å². The molecule has 1 aliphatic carbocycles. The van der Waals surface area contributed by atoms with Gasteiger partial charge in [0, 0.05) is 10.5 Å². The molecule has 5 nitrogen and oxygen atoms in total. The van der Waals surface area contributed by atoms with Crippen LogP contribution in [0.25, 0.3) is 0 Å². The summed E-state index contributed by atoms with van der Waals surface area (Å²) in [5.41, 5.74) is 0. The molecule has 6 heteroatoms. The van der Waals surface area contributed by atoms with E-state index in [2.05, 4.69) is 26.6 Å². The maximum atomic E-state index is 11.8. The van der Waals surface area contributed by atoms with Gasteiger partial charge in [0.05, 0.1) is 19.6 Å². The highest BCUT2D eigenvalue weighted by Gasteiger charge is 2.15. The lowest BCUT2D eigenvalue weighted by atomic mass is 9.95. The van der Waals surface area contributed by atoms with Gasteiger partial charge in [0.25, 0.3) is 0 Å². The largest absolute Gasteiger partial charge is 0.493 e. The molecule has 0 saturated heterocycles. The van der Waals surface area contributed by atoms with Gasteiger partial charge in [-0.3, -0.25) is 9.59 Å². The lowest BCUT2D eigenvalue weighted by Crippen LogP contribution is -2.42. The van der Waals surface area contributed by atoms with Crippen LogP contribution >= 0.6 is 15.9 Å². The zero-order chi connectivity index (χ0) is 16.5. The summed E-state index contributed by atoms with van der Waals surface area (Å²) < 4.78 is 6.42. The van der Waals surface area contributed by atoms with E-state index in [1.807, 2.05) is 24.3 Å². The molecule has 0 spiro atoms. The van der Waals surface area contributed by atoms with Gasteiger partial charge in [-0.25, -0.2) is 0 Å². The lowest BCUT2D eigenvalue weighted by molar-refractivity contribution is -0.126. The standard InChI is InChI=1S/C17H23BrN2O3/c18-13-5-4-8-15(11-13)23-10-9-16(21)19-12-17(22)20-14-6-2-1-3-7-14/h4-5,8,11,14H,1-3,6-7,9-10,12H2,(H,19,21)(H,20,22). The summed E-state index contributed by atoms with van der Waals surface area (Å²) in [6.45, 7) is 0.318. The Balaban J connectivity index is 1.58. The molecule has 1 fully saturated rings. The molecule has 0 atom stereocenters. The molecule has 2 amide bonds. The Kier molecular flexibility index (Phi) is 7.39. The Morgan fingerprint density at radius 2 is 1.96 bits per heavy atom. The Labute approximate surface area is 145 Å². The van der Waals surface area contributed by atoms with E-state index in [0.29, 0.717) is 5.75 Å². The first kappa shape index (κ1) is 17.8. The molecule has 0 bridgehead atoms. The van der Waals surface area contributed by atoms with Crippen LogP contribution in [-0.4, -0.2) is 31.0 Å². The van der Waals surface area contributed by atoms with Crippen LogP contribution in [0, 0.1) is 0 Å². The van der Waals surface area contributed by atoms with E-state index in [0.717, 1.165) is 17.3 Å². The number of hydrogen-bond acceptors (Lipinski definition) is 3. The second-order valence-corrected chi connectivity index (χ2v) is 6.65. The Bertz CT molecular complexity index is 530. The van der Waals surface area contributed by atoms with Crippen molar-refractivity contribution >= 4 is 27.7 Å². The molecule has 2 rings (SSSR count). The summed E-state index contributed by atoms with van der Waals surface area (Å²) in [6.07, 6.45) is 5.90. The summed E-state index contributed by atoms with van der Waals surface area (Å²) in [4.78, 5) is 23.5. The second-order valence-electron chi connectivity index (χ2n) is 5.74. The summed E-state index contributed by atoms with van der Waals surface area (Å²) in [6, 6.07) is 7.73. The molecule has 1 aliphatic rings. The van der Waals surface area contributed by atoms with Gasteiger partial charge in [-0.15, -0.1) is 0 Å². The van der Waals surface area contributed by atoms with Crippen LogP contribution in [-0.2, 0) is 9.59 Å². The maximum absolute atomic E-state index is 11.8. The molecule has 0 unspecified atom stereocenters. The fourth-order valence-electron chi connectivity index (χ4n) is 2.61. The minimum Gasteiger partial charge on any atom is -0.493 e. The first-order valence-corrected chi connectivity index (χ1v) is 8.87. The molecular weight excluding hydrogens is 360 g/mol. The molecule has 0 aromatic heterocycles. The zero-order valence-electron chi connectivity index (χ0n) is 13.1. The lowest BCUT2D eigenvalue weighted by Gasteiger charge is -2.22. The van der Waals surface area contributed by atoms with Crippen molar-refractivity contribution in [1.82, 2.24) is 10.6 Å². The van der Waals surface area contributed by atoms with Gasteiger partial charge >= 0.3 is 0 Å². The number of rotatable bonds is 7. The van der Waals surface area contributed by atoms with Gasteiger partial charge < -0.3 is 15.4 Å². The summed E-state index contributed by atoms with van der Waals surface area (Å²) in [5.74, 6) is 0.416. The fourth-order valence-corrected chi connectivity index (χ4v) is 2.99. The minimum absolute atomic E-state index is 0.0339. The molecule has 0 aliphatic heterocycles. The Morgan fingerprint density at radius 3 is 2.70 bits per heavy atom. The van der Waals surface area contributed by atoms with Crippen molar-refractivity contribution < 1.29 is 14.3 Å². The molecule has 1 saturated carbocycles. The molecule has 1 aromatic carbocycles. The van der Waals surface area contributed by atoms with E-state index in [4.69, 9.17) is 4.74 Å². The second kappa shape index (κ2) is 9.55. The number of benzene rings is 1. The number of carbonyl (C=O) groups excluding carboxylic acids is 2. The summed E-state index contributed by atoms with van der Waals surface area (Å²) in [5, 5.41) is 5.60. The molecule has 0 radical (unpaired) electrons. The number of carbonyl (C=O) groups is 2. The van der Waals surface area contributed by atoms with Crippen molar-refractivity contribution in [1.29, 1.82) is 0 Å². The molecule has 126 valence electrons. The Hall–Kier alpha value is -1.56. The van der Waals surface area contributed by atoms with Gasteiger partial charge in [0.15, 0.2) is 0 Å². The van der Waals surface area contributed by atoms with Crippen molar-refractivity contribution in [3.05, 3.63) is 28.7 Å². The molecule has 1 aromatic rings. The van der Waals surface area contributed by atoms with E-state index in [1.165, 1.54) is 19.3 Å². The van der Waals surface area contributed by atoms with Gasteiger partial charge in [-0.05, 0) is 31.0 Å². The maximum Gasteiger partial charge on any atom is 0.239 e. The summed E-state index contributed by atoms with van der Waals surface area (Å²) in [7, 11) is 0. The number of nitrogens with one attached hydrogen (secondary N) is 2. The van der Waals surface area contributed by atoms with Gasteiger partial charge in [-0.1, -0.05) is 41.3 Å². The molecule has 0 heterocycles. The summed E-state index contributed by atoms with van der Waals surface area (Å²) >= 11 is 3.36.